The Morgan fingerprint density at radius 1 is 1.04 bits per heavy atom. The number of nitrogens with zero attached hydrogens (tertiary/aromatic N) is 2. The standard InChI is InChI=1S/C19H20N2OS/c1-19(22,11-13-21-14-12-20-15-21)16-7-9-18(10-8-16)23-17-5-3-2-4-6-17/h2-10,12,14-15,22H,11,13H2,1H3. The van der Waals surface area contributed by atoms with Gasteiger partial charge in [-0.15, -0.1) is 0 Å². The van der Waals surface area contributed by atoms with E-state index < -0.39 is 5.60 Å². The zero-order valence-corrected chi connectivity index (χ0v) is 13.9. The predicted octanol–water partition coefficient (Wildman–Crippen LogP) is 4.33. The average molecular weight is 324 g/mol. The molecule has 0 aliphatic heterocycles. The fraction of sp³-hybridized carbons (Fsp3) is 0.211. The molecule has 2 aromatic carbocycles. The van der Waals surface area contributed by atoms with Crippen molar-refractivity contribution in [3.05, 3.63) is 78.9 Å². The fourth-order valence-corrected chi connectivity index (χ4v) is 3.25. The minimum atomic E-state index is -0.847. The summed E-state index contributed by atoms with van der Waals surface area (Å²) in [5.74, 6) is 0. The predicted molar refractivity (Wildman–Crippen MR) is 93.4 cm³/mol. The molecular formula is C19H20N2OS. The van der Waals surface area contributed by atoms with E-state index in [1.165, 1.54) is 9.79 Å². The summed E-state index contributed by atoms with van der Waals surface area (Å²) < 4.78 is 1.98. The van der Waals surface area contributed by atoms with E-state index in [2.05, 4.69) is 29.2 Å². The normalized spacial score (nSPS) is 13.7. The van der Waals surface area contributed by atoms with Gasteiger partial charge in [-0.25, -0.2) is 4.98 Å². The van der Waals surface area contributed by atoms with Crippen LogP contribution in [-0.2, 0) is 12.1 Å². The summed E-state index contributed by atoms with van der Waals surface area (Å²) in [4.78, 5) is 6.41. The first-order valence-electron chi connectivity index (χ1n) is 7.65. The second-order valence-corrected chi connectivity index (χ2v) is 6.91. The lowest BCUT2D eigenvalue weighted by atomic mass is 9.92. The van der Waals surface area contributed by atoms with Crippen LogP contribution in [-0.4, -0.2) is 14.7 Å². The van der Waals surface area contributed by atoms with E-state index >= 15 is 0 Å². The minimum Gasteiger partial charge on any atom is -0.385 e. The van der Waals surface area contributed by atoms with Crippen molar-refractivity contribution in [2.45, 2.75) is 35.3 Å². The van der Waals surface area contributed by atoms with Crippen molar-refractivity contribution < 1.29 is 5.11 Å². The Labute approximate surface area is 141 Å². The molecule has 0 saturated carbocycles. The van der Waals surface area contributed by atoms with Crippen molar-refractivity contribution in [2.24, 2.45) is 0 Å². The van der Waals surface area contributed by atoms with Gasteiger partial charge >= 0.3 is 0 Å². The van der Waals surface area contributed by atoms with E-state index in [0.717, 1.165) is 12.1 Å². The van der Waals surface area contributed by atoms with Crippen LogP contribution in [0.3, 0.4) is 0 Å². The molecule has 0 bridgehead atoms. The quantitative estimate of drug-likeness (QED) is 0.733. The molecule has 0 aliphatic carbocycles. The topological polar surface area (TPSA) is 38.0 Å². The molecule has 3 rings (SSSR count). The highest BCUT2D eigenvalue weighted by Gasteiger charge is 2.22. The summed E-state index contributed by atoms with van der Waals surface area (Å²) >= 11 is 1.72. The summed E-state index contributed by atoms with van der Waals surface area (Å²) in [5.41, 5.74) is 0.0928. The second-order valence-electron chi connectivity index (χ2n) is 5.76. The highest BCUT2D eigenvalue weighted by atomic mass is 32.2. The van der Waals surface area contributed by atoms with Gasteiger partial charge in [0.25, 0.3) is 0 Å². The highest BCUT2D eigenvalue weighted by Crippen LogP contribution is 2.31. The Balaban J connectivity index is 1.65. The van der Waals surface area contributed by atoms with Crippen LogP contribution in [0.2, 0.25) is 0 Å². The van der Waals surface area contributed by atoms with Gasteiger partial charge in [-0.1, -0.05) is 42.1 Å². The monoisotopic (exact) mass is 324 g/mol. The SMILES string of the molecule is CC(O)(CCn1ccnc1)c1ccc(Sc2ccccc2)cc1. The van der Waals surface area contributed by atoms with Crippen LogP contribution in [0.25, 0.3) is 0 Å². The number of aliphatic hydroxyl groups is 1. The summed E-state index contributed by atoms with van der Waals surface area (Å²) in [6, 6.07) is 18.5. The molecule has 4 heteroatoms. The van der Waals surface area contributed by atoms with Crippen LogP contribution in [0.1, 0.15) is 18.9 Å². The van der Waals surface area contributed by atoms with Gasteiger partial charge in [0, 0.05) is 28.7 Å². The molecule has 0 radical (unpaired) electrons. The Morgan fingerprint density at radius 3 is 2.39 bits per heavy atom. The lowest BCUT2D eigenvalue weighted by Gasteiger charge is -2.24. The third kappa shape index (κ3) is 4.24. The van der Waals surface area contributed by atoms with Crippen LogP contribution in [0.5, 0.6) is 0 Å². The zero-order chi connectivity index (χ0) is 16.1. The van der Waals surface area contributed by atoms with Crippen LogP contribution in [0, 0.1) is 0 Å². The summed E-state index contributed by atoms with van der Waals surface area (Å²) in [5, 5.41) is 10.7. The molecule has 0 fully saturated rings. The Hall–Kier alpha value is -2.04. The van der Waals surface area contributed by atoms with Gasteiger partial charge in [0.15, 0.2) is 0 Å². The van der Waals surface area contributed by atoms with E-state index in [1.807, 2.05) is 48.0 Å². The first kappa shape index (κ1) is 15.8. The van der Waals surface area contributed by atoms with Crippen LogP contribution < -0.4 is 0 Å². The Bertz CT molecular complexity index is 722. The van der Waals surface area contributed by atoms with Crippen molar-refractivity contribution in [3.63, 3.8) is 0 Å². The third-order valence-electron chi connectivity index (χ3n) is 3.87. The van der Waals surface area contributed by atoms with Crippen molar-refractivity contribution >= 4 is 11.8 Å². The molecule has 1 unspecified atom stereocenters. The first-order valence-corrected chi connectivity index (χ1v) is 8.47. The lowest BCUT2D eigenvalue weighted by Crippen LogP contribution is -2.23. The van der Waals surface area contributed by atoms with Gasteiger partial charge in [0.05, 0.1) is 11.9 Å². The second kappa shape index (κ2) is 7.02. The van der Waals surface area contributed by atoms with Crippen molar-refractivity contribution in [1.82, 2.24) is 9.55 Å². The van der Waals surface area contributed by atoms with Gasteiger partial charge < -0.3 is 9.67 Å². The summed E-state index contributed by atoms with van der Waals surface area (Å²) in [6.45, 7) is 2.61. The van der Waals surface area contributed by atoms with E-state index in [1.54, 1.807) is 24.3 Å². The van der Waals surface area contributed by atoms with Gasteiger partial charge in [-0.3, -0.25) is 0 Å². The maximum Gasteiger partial charge on any atom is 0.0945 e. The Kier molecular flexibility index (Phi) is 4.84. The number of benzene rings is 2. The van der Waals surface area contributed by atoms with E-state index in [9.17, 15) is 5.11 Å². The Morgan fingerprint density at radius 2 is 1.74 bits per heavy atom. The number of hydrogen-bond donors (Lipinski definition) is 1. The molecule has 0 amide bonds. The van der Waals surface area contributed by atoms with E-state index in [0.29, 0.717) is 6.42 Å². The molecule has 1 aromatic heterocycles. The van der Waals surface area contributed by atoms with Crippen LogP contribution in [0.4, 0.5) is 0 Å². The van der Waals surface area contributed by atoms with Gasteiger partial charge in [-0.2, -0.15) is 0 Å². The molecule has 1 atom stereocenters. The number of aryl methyl sites for hydroxylation is 1. The van der Waals surface area contributed by atoms with Crippen LogP contribution in [0.15, 0.2) is 83.1 Å². The van der Waals surface area contributed by atoms with Gasteiger partial charge in [-0.05, 0) is 43.2 Å². The summed E-state index contributed by atoms with van der Waals surface area (Å²) in [7, 11) is 0. The number of hydrogen-bond acceptors (Lipinski definition) is 3. The number of imidazole rings is 1. The molecule has 1 N–H and O–H groups in total. The molecule has 1 heterocycles. The van der Waals surface area contributed by atoms with Gasteiger partial charge in [0.1, 0.15) is 0 Å². The molecule has 0 aliphatic rings. The third-order valence-corrected chi connectivity index (χ3v) is 4.89. The largest absolute Gasteiger partial charge is 0.385 e. The first-order chi connectivity index (χ1) is 11.1. The molecular weight excluding hydrogens is 304 g/mol. The van der Waals surface area contributed by atoms with Crippen molar-refractivity contribution in [3.8, 4) is 0 Å². The highest BCUT2D eigenvalue weighted by molar-refractivity contribution is 7.99. The fourth-order valence-electron chi connectivity index (χ4n) is 2.42. The van der Waals surface area contributed by atoms with Crippen molar-refractivity contribution in [2.75, 3.05) is 0 Å². The average Bonchev–Trinajstić information content (AvgIpc) is 3.08. The van der Waals surface area contributed by atoms with Crippen molar-refractivity contribution in [1.29, 1.82) is 0 Å². The molecule has 118 valence electrons. The maximum absolute atomic E-state index is 10.7. The van der Waals surface area contributed by atoms with E-state index in [4.69, 9.17) is 0 Å². The molecule has 3 nitrogen and oxygen atoms in total. The molecule has 0 saturated heterocycles. The zero-order valence-electron chi connectivity index (χ0n) is 13.1. The molecule has 3 aromatic rings. The number of rotatable bonds is 6. The van der Waals surface area contributed by atoms with Gasteiger partial charge in [0.2, 0.25) is 0 Å². The smallest absolute Gasteiger partial charge is 0.0945 e. The van der Waals surface area contributed by atoms with E-state index in [-0.39, 0.29) is 0 Å². The maximum atomic E-state index is 10.7. The summed E-state index contributed by atoms with van der Waals surface area (Å²) in [6.07, 6.45) is 6.09. The molecule has 23 heavy (non-hydrogen) atoms. The van der Waals surface area contributed by atoms with Crippen LogP contribution >= 0.6 is 11.8 Å². The minimum absolute atomic E-state index is 0.647. The lowest BCUT2D eigenvalue weighted by molar-refractivity contribution is 0.0430. The number of aromatic nitrogens is 2. The molecule has 0 spiro atoms.